The Bertz CT molecular complexity index is 442. The lowest BCUT2D eigenvalue weighted by Crippen LogP contribution is -2.45. The molecule has 1 fully saturated rings. The number of nitrogens with zero attached hydrogens (tertiary/aromatic N) is 1. The highest BCUT2D eigenvalue weighted by atomic mass is 16.4. The van der Waals surface area contributed by atoms with Crippen LogP contribution in [0, 0.1) is 0 Å². The van der Waals surface area contributed by atoms with Crippen molar-refractivity contribution in [1.82, 2.24) is 4.90 Å². The smallest absolute Gasteiger partial charge is 0.321 e. The molecule has 4 N–H and O–H groups in total. The molecule has 1 atom stereocenters. The maximum absolute atomic E-state index is 10.7. The number of hydrogen-bond donors (Lipinski definition) is 3. The van der Waals surface area contributed by atoms with E-state index in [2.05, 4.69) is 4.90 Å². The van der Waals surface area contributed by atoms with Gasteiger partial charge < -0.3 is 20.8 Å². The summed E-state index contributed by atoms with van der Waals surface area (Å²) in [7, 11) is 0. The van der Waals surface area contributed by atoms with E-state index in [9.17, 15) is 9.90 Å². The van der Waals surface area contributed by atoms with Gasteiger partial charge in [-0.1, -0.05) is 12.1 Å². The Morgan fingerprint density at radius 1 is 1.42 bits per heavy atom. The fourth-order valence-electron chi connectivity index (χ4n) is 2.58. The van der Waals surface area contributed by atoms with Gasteiger partial charge >= 0.3 is 5.97 Å². The summed E-state index contributed by atoms with van der Waals surface area (Å²) < 4.78 is 0. The van der Waals surface area contributed by atoms with Crippen LogP contribution in [-0.2, 0) is 4.79 Å². The fourth-order valence-corrected chi connectivity index (χ4v) is 2.58. The third-order valence-corrected chi connectivity index (χ3v) is 3.70. The van der Waals surface area contributed by atoms with Crippen molar-refractivity contribution < 1.29 is 15.0 Å². The second kappa shape index (κ2) is 6.04. The number of benzene rings is 1. The lowest BCUT2D eigenvalue weighted by molar-refractivity contribution is -0.139. The molecule has 19 heavy (non-hydrogen) atoms. The van der Waals surface area contributed by atoms with E-state index in [0.29, 0.717) is 18.2 Å². The van der Waals surface area contributed by atoms with Crippen molar-refractivity contribution in [2.75, 3.05) is 19.6 Å². The van der Waals surface area contributed by atoms with E-state index in [1.54, 1.807) is 6.07 Å². The van der Waals surface area contributed by atoms with Crippen LogP contribution in [0.5, 0.6) is 5.75 Å². The highest BCUT2D eigenvalue weighted by molar-refractivity contribution is 5.73. The number of hydrogen-bond acceptors (Lipinski definition) is 4. The lowest BCUT2D eigenvalue weighted by atomic mass is 9.89. The number of phenolic OH excluding ortho intramolecular Hbond substituents is 1. The summed E-state index contributed by atoms with van der Waals surface area (Å²) in [5.41, 5.74) is 6.69. The van der Waals surface area contributed by atoms with Crippen molar-refractivity contribution >= 4 is 5.97 Å². The zero-order valence-corrected chi connectivity index (χ0v) is 10.8. The predicted octanol–water partition coefficient (Wildman–Crippen LogP) is 0.983. The van der Waals surface area contributed by atoms with E-state index in [1.807, 2.05) is 18.2 Å². The molecule has 0 amide bonds. The number of aliphatic carboxylic acids is 1. The Morgan fingerprint density at radius 3 is 2.68 bits per heavy atom. The van der Waals surface area contributed by atoms with Crippen molar-refractivity contribution in [2.45, 2.75) is 24.8 Å². The van der Waals surface area contributed by atoms with Crippen LogP contribution in [0.3, 0.4) is 0 Å². The molecule has 0 aromatic heterocycles. The number of carboxylic acid groups (broad SMARTS) is 1. The maximum Gasteiger partial charge on any atom is 0.321 e. The van der Waals surface area contributed by atoms with E-state index < -0.39 is 12.0 Å². The number of aromatic hydroxyl groups is 1. The normalized spacial score (nSPS) is 19.2. The number of nitrogens with two attached hydrogens (primary N) is 1. The molecule has 1 aromatic carbocycles. The Labute approximate surface area is 112 Å². The van der Waals surface area contributed by atoms with Crippen LogP contribution >= 0.6 is 0 Å². The van der Waals surface area contributed by atoms with Crippen LogP contribution in [0.4, 0.5) is 0 Å². The summed E-state index contributed by atoms with van der Waals surface area (Å²) in [5.74, 6) is -0.215. The molecule has 5 nitrogen and oxygen atoms in total. The average Bonchev–Trinajstić information content (AvgIpc) is 2.39. The van der Waals surface area contributed by atoms with Crippen molar-refractivity contribution in [3.8, 4) is 5.75 Å². The molecule has 1 aliphatic heterocycles. The van der Waals surface area contributed by atoms with E-state index in [-0.39, 0.29) is 0 Å². The summed E-state index contributed by atoms with van der Waals surface area (Å²) in [6, 6.07) is 6.56. The van der Waals surface area contributed by atoms with Gasteiger partial charge in [-0.05, 0) is 49.5 Å². The molecule has 0 radical (unpaired) electrons. The molecule has 104 valence electrons. The number of carbonyl (C=O) groups is 1. The average molecular weight is 264 g/mol. The van der Waals surface area contributed by atoms with Gasteiger partial charge in [0, 0.05) is 6.54 Å². The first kappa shape index (κ1) is 13.8. The summed E-state index contributed by atoms with van der Waals surface area (Å²) in [5, 5.41) is 18.3. The van der Waals surface area contributed by atoms with Gasteiger partial charge in [0.1, 0.15) is 11.8 Å². The van der Waals surface area contributed by atoms with Gasteiger partial charge in [-0.15, -0.1) is 0 Å². The van der Waals surface area contributed by atoms with Crippen molar-refractivity contribution in [3.05, 3.63) is 29.8 Å². The minimum absolute atomic E-state index is 0.299. The van der Waals surface area contributed by atoms with E-state index in [4.69, 9.17) is 10.8 Å². The topological polar surface area (TPSA) is 86.8 Å². The van der Waals surface area contributed by atoms with Crippen LogP contribution in [-0.4, -0.2) is 46.8 Å². The third-order valence-electron chi connectivity index (χ3n) is 3.70. The maximum atomic E-state index is 10.7. The standard InChI is InChI=1S/C14H20N2O3/c15-13(14(18)19)9-16-6-4-10(5-7-16)11-2-1-3-12(17)8-11/h1-3,8,10,13,17H,4-7,9,15H2,(H,18,19)/t13-/m0/s1. The van der Waals surface area contributed by atoms with Crippen LogP contribution in [0.1, 0.15) is 24.3 Å². The van der Waals surface area contributed by atoms with Crippen LogP contribution in [0.15, 0.2) is 24.3 Å². The van der Waals surface area contributed by atoms with Gasteiger partial charge in [-0.2, -0.15) is 0 Å². The Balaban J connectivity index is 1.87. The Kier molecular flexibility index (Phi) is 4.39. The van der Waals surface area contributed by atoms with Crippen LogP contribution in [0.2, 0.25) is 0 Å². The van der Waals surface area contributed by atoms with E-state index in [1.165, 1.54) is 0 Å². The van der Waals surface area contributed by atoms with Gasteiger partial charge in [0.2, 0.25) is 0 Å². The number of phenols is 1. The molecule has 1 saturated heterocycles. The van der Waals surface area contributed by atoms with Gasteiger partial charge in [-0.25, -0.2) is 0 Å². The molecule has 0 aliphatic carbocycles. The minimum atomic E-state index is -0.949. The zero-order chi connectivity index (χ0) is 13.8. The highest BCUT2D eigenvalue weighted by Crippen LogP contribution is 2.29. The van der Waals surface area contributed by atoms with Crippen LogP contribution in [0.25, 0.3) is 0 Å². The Morgan fingerprint density at radius 2 is 2.11 bits per heavy atom. The van der Waals surface area contributed by atoms with Crippen molar-refractivity contribution in [2.24, 2.45) is 5.73 Å². The molecular formula is C14H20N2O3. The first-order valence-corrected chi connectivity index (χ1v) is 6.56. The quantitative estimate of drug-likeness (QED) is 0.754. The molecule has 1 aliphatic rings. The molecule has 5 heteroatoms. The minimum Gasteiger partial charge on any atom is -0.508 e. The summed E-state index contributed by atoms with van der Waals surface area (Å²) in [6.45, 7) is 2.10. The molecule has 2 rings (SSSR count). The first-order valence-electron chi connectivity index (χ1n) is 6.56. The van der Waals surface area contributed by atoms with Crippen molar-refractivity contribution in [3.63, 3.8) is 0 Å². The second-order valence-electron chi connectivity index (χ2n) is 5.11. The van der Waals surface area contributed by atoms with Gasteiger partial charge in [0.05, 0.1) is 0 Å². The summed E-state index contributed by atoms with van der Waals surface area (Å²) in [6.07, 6.45) is 1.94. The first-order chi connectivity index (χ1) is 9.06. The van der Waals surface area contributed by atoms with Crippen molar-refractivity contribution in [1.29, 1.82) is 0 Å². The number of piperidine rings is 1. The molecule has 0 unspecified atom stereocenters. The van der Waals surface area contributed by atoms with Gasteiger partial charge in [0.15, 0.2) is 0 Å². The second-order valence-corrected chi connectivity index (χ2v) is 5.11. The van der Waals surface area contributed by atoms with Gasteiger partial charge in [-0.3, -0.25) is 4.79 Å². The van der Waals surface area contributed by atoms with E-state index in [0.717, 1.165) is 31.5 Å². The SMILES string of the molecule is N[C@@H](CN1CCC(c2cccc(O)c2)CC1)C(=O)O. The number of likely N-dealkylation sites (tertiary alicyclic amines) is 1. The lowest BCUT2D eigenvalue weighted by Gasteiger charge is -2.32. The van der Waals surface area contributed by atoms with Gasteiger partial charge in [0.25, 0.3) is 0 Å². The predicted molar refractivity (Wildman–Crippen MR) is 72.1 cm³/mol. The number of rotatable bonds is 4. The number of carboxylic acids is 1. The molecule has 0 saturated carbocycles. The zero-order valence-electron chi connectivity index (χ0n) is 10.8. The largest absolute Gasteiger partial charge is 0.508 e. The molecule has 1 aromatic rings. The summed E-state index contributed by atoms with van der Waals surface area (Å²) in [4.78, 5) is 12.8. The third kappa shape index (κ3) is 3.68. The fraction of sp³-hybridized carbons (Fsp3) is 0.500. The molecular weight excluding hydrogens is 244 g/mol. The molecule has 0 spiro atoms. The van der Waals surface area contributed by atoms with Crippen LogP contribution < -0.4 is 5.73 Å². The highest BCUT2D eigenvalue weighted by Gasteiger charge is 2.23. The molecule has 1 heterocycles. The summed E-state index contributed by atoms with van der Waals surface area (Å²) >= 11 is 0. The molecule has 0 bridgehead atoms. The van der Waals surface area contributed by atoms with E-state index >= 15 is 0 Å². The monoisotopic (exact) mass is 264 g/mol. The Hall–Kier alpha value is -1.59.